The third kappa shape index (κ3) is 5.71. The largest absolute Gasteiger partial charge is 0.315 e. The lowest BCUT2D eigenvalue weighted by atomic mass is 9.99. The second-order valence-electron chi connectivity index (χ2n) is 7.01. The minimum absolute atomic E-state index is 0.641. The van der Waals surface area contributed by atoms with Gasteiger partial charge < -0.3 is 10.2 Å². The Kier molecular flexibility index (Phi) is 7.32. The number of unbranched alkanes of at least 4 members (excludes halogenated alkanes) is 3. The van der Waals surface area contributed by atoms with E-state index < -0.39 is 0 Å². The molecule has 0 saturated carbocycles. The fourth-order valence-electron chi connectivity index (χ4n) is 3.63. The van der Waals surface area contributed by atoms with E-state index in [4.69, 9.17) is 0 Å². The van der Waals surface area contributed by atoms with Crippen LogP contribution >= 0.6 is 0 Å². The summed E-state index contributed by atoms with van der Waals surface area (Å²) < 4.78 is 0. The van der Waals surface area contributed by atoms with Crippen molar-refractivity contribution >= 4 is 0 Å². The number of piperazine rings is 1. The summed E-state index contributed by atoms with van der Waals surface area (Å²) in [6.45, 7) is 12.3. The van der Waals surface area contributed by atoms with Crippen molar-refractivity contribution in [3.63, 3.8) is 0 Å². The highest BCUT2D eigenvalue weighted by atomic mass is 15.3. The van der Waals surface area contributed by atoms with E-state index in [0.717, 1.165) is 6.04 Å². The average molecular weight is 281 g/mol. The topological polar surface area (TPSA) is 18.5 Å². The lowest BCUT2D eigenvalue weighted by Gasteiger charge is -2.44. The summed E-state index contributed by atoms with van der Waals surface area (Å²) in [4.78, 5) is 5.45. The van der Waals surface area contributed by atoms with Crippen LogP contribution in [0.15, 0.2) is 0 Å². The second kappa shape index (κ2) is 9.01. The van der Waals surface area contributed by atoms with Gasteiger partial charge in [0.25, 0.3) is 0 Å². The molecule has 2 saturated heterocycles. The highest BCUT2D eigenvalue weighted by molar-refractivity contribution is 4.84. The van der Waals surface area contributed by atoms with Gasteiger partial charge in [0.1, 0.15) is 0 Å². The van der Waals surface area contributed by atoms with Crippen LogP contribution in [-0.2, 0) is 0 Å². The molecule has 2 rings (SSSR count). The zero-order chi connectivity index (χ0) is 14.2. The molecule has 0 spiro atoms. The van der Waals surface area contributed by atoms with E-state index in [9.17, 15) is 0 Å². The minimum Gasteiger partial charge on any atom is -0.315 e. The molecule has 0 aromatic heterocycles. The molecule has 0 bridgehead atoms. The predicted octanol–water partition coefficient (Wildman–Crippen LogP) is 2.71. The maximum atomic E-state index is 3.50. The molecule has 2 fully saturated rings. The first-order chi connectivity index (χ1) is 9.75. The number of piperidine rings is 1. The summed E-state index contributed by atoms with van der Waals surface area (Å²) in [5.74, 6) is 0. The molecule has 0 aromatic carbocycles. The first-order valence-electron chi connectivity index (χ1n) is 8.95. The van der Waals surface area contributed by atoms with E-state index in [1.54, 1.807) is 0 Å². The van der Waals surface area contributed by atoms with Gasteiger partial charge in [-0.3, -0.25) is 4.90 Å². The van der Waals surface area contributed by atoms with Gasteiger partial charge in [-0.2, -0.15) is 0 Å². The Bertz CT molecular complexity index is 255. The van der Waals surface area contributed by atoms with E-state index in [2.05, 4.69) is 29.0 Å². The lowest BCUT2D eigenvalue weighted by Crippen LogP contribution is -2.54. The van der Waals surface area contributed by atoms with Crippen molar-refractivity contribution in [1.82, 2.24) is 15.1 Å². The SMILES string of the molecule is CC(C)NCCCCCCN1CCN2CCCCC2C1. The Balaban J connectivity index is 1.48. The molecule has 3 heteroatoms. The monoisotopic (exact) mass is 281 g/mol. The van der Waals surface area contributed by atoms with E-state index >= 15 is 0 Å². The highest BCUT2D eigenvalue weighted by Gasteiger charge is 2.28. The zero-order valence-electron chi connectivity index (χ0n) is 13.7. The van der Waals surface area contributed by atoms with Crippen molar-refractivity contribution < 1.29 is 0 Å². The van der Waals surface area contributed by atoms with Gasteiger partial charge in [0.2, 0.25) is 0 Å². The molecule has 1 atom stereocenters. The summed E-state index contributed by atoms with van der Waals surface area (Å²) in [6, 6.07) is 1.52. The Morgan fingerprint density at radius 2 is 1.85 bits per heavy atom. The van der Waals surface area contributed by atoms with Crippen LogP contribution in [0.25, 0.3) is 0 Å². The van der Waals surface area contributed by atoms with Crippen molar-refractivity contribution in [1.29, 1.82) is 0 Å². The van der Waals surface area contributed by atoms with Crippen LogP contribution in [0.3, 0.4) is 0 Å². The minimum atomic E-state index is 0.641. The molecule has 0 aliphatic carbocycles. The van der Waals surface area contributed by atoms with Crippen molar-refractivity contribution in [3.8, 4) is 0 Å². The fourth-order valence-corrected chi connectivity index (χ4v) is 3.63. The molecule has 1 unspecified atom stereocenters. The van der Waals surface area contributed by atoms with Crippen molar-refractivity contribution in [2.24, 2.45) is 0 Å². The average Bonchev–Trinajstić information content (AvgIpc) is 2.46. The zero-order valence-corrected chi connectivity index (χ0v) is 13.7. The number of nitrogens with one attached hydrogen (secondary N) is 1. The number of hydrogen-bond acceptors (Lipinski definition) is 3. The van der Waals surface area contributed by atoms with Gasteiger partial charge in [-0.15, -0.1) is 0 Å². The van der Waals surface area contributed by atoms with Crippen molar-refractivity contribution in [3.05, 3.63) is 0 Å². The molecule has 20 heavy (non-hydrogen) atoms. The third-order valence-corrected chi connectivity index (χ3v) is 4.88. The Morgan fingerprint density at radius 3 is 2.70 bits per heavy atom. The van der Waals surface area contributed by atoms with Gasteiger partial charge in [0.15, 0.2) is 0 Å². The van der Waals surface area contributed by atoms with E-state index in [0.29, 0.717) is 6.04 Å². The van der Waals surface area contributed by atoms with E-state index in [-0.39, 0.29) is 0 Å². The standard InChI is InChI=1S/C17H35N3/c1-16(2)18-10-6-3-4-7-11-19-13-14-20-12-8-5-9-17(20)15-19/h16-18H,3-15H2,1-2H3. The Morgan fingerprint density at radius 1 is 1.00 bits per heavy atom. The molecule has 2 aliphatic heterocycles. The molecule has 2 heterocycles. The molecular weight excluding hydrogens is 246 g/mol. The maximum absolute atomic E-state index is 3.50. The van der Waals surface area contributed by atoms with Gasteiger partial charge >= 0.3 is 0 Å². The number of hydrogen-bond donors (Lipinski definition) is 1. The normalized spacial score (nSPS) is 25.1. The smallest absolute Gasteiger partial charge is 0.0223 e. The van der Waals surface area contributed by atoms with Gasteiger partial charge in [-0.25, -0.2) is 0 Å². The Hall–Kier alpha value is -0.120. The van der Waals surface area contributed by atoms with Crippen LogP contribution in [0, 0.1) is 0 Å². The quantitative estimate of drug-likeness (QED) is 0.690. The third-order valence-electron chi connectivity index (χ3n) is 4.88. The second-order valence-corrected chi connectivity index (χ2v) is 7.01. The number of fused-ring (bicyclic) bond motifs is 1. The van der Waals surface area contributed by atoms with Crippen LogP contribution in [0.5, 0.6) is 0 Å². The van der Waals surface area contributed by atoms with Gasteiger partial charge in [-0.05, 0) is 45.3 Å². The van der Waals surface area contributed by atoms with Crippen LogP contribution in [0.4, 0.5) is 0 Å². The van der Waals surface area contributed by atoms with Crippen LogP contribution in [0.1, 0.15) is 58.8 Å². The number of rotatable bonds is 8. The van der Waals surface area contributed by atoms with Crippen molar-refractivity contribution in [2.45, 2.75) is 70.9 Å². The molecule has 0 amide bonds. The highest BCUT2D eigenvalue weighted by Crippen LogP contribution is 2.21. The first kappa shape index (κ1) is 16.3. The van der Waals surface area contributed by atoms with Crippen LogP contribution in [-0.4, -0.2) is 61.2 Å². The number of nitrogens with zero attached hydrogens (tertiary/aromatic N) is 2. The van der Waals surface area contributed by atoms with Crippen molar-refractivity contribution in [2.75, 3.05) is 39.3 Å². The van der Waals surface area contributed by atoms with E-state index in [1.807, 2.05) is 0 Å². The Labute approximate surface area is 126 Å². The predicted molar refractivity (Wildman–Crippen MR) is 87.3 cm³/mol. The van der Waals surface area contributed by atoms with Gasteiger partial charge in [0, 0.05) is 31.7 Å². The summed E-state index contributed by atoms with van der Waals surface area (Å²) in [7, 11) is 0. The first-order valence-corrected chi connectivity index (χ1v) is 8.95. The summed E-state index contributed by atoms with van der Waals surface area (Å²) >= 11 is 0. The molecular formula is C17H35N3. The molecule has 1 N–H and O–H groups in total. The molecule has 0 aromatic rings. The lowest BCUT2D eigenvalue weighted by molar-refractivity contribution is 0.0486. The summed E-state index contributed by atoms with van der Waals surface area (Å²) in [5, 5.41) is 3.50. The van der Waals surface area contributed by atoms with Gasteiger partial charge in [0.05, 0.1) is 0 Å². The summed E-state index contributed by atoms with van der Waals surface area (Å²) in [6.07, 6.45) is 9.87. The van der Waals surface area contributed by atoms with E-state index in [1.165, 1.54) is 84.2 Å². The fraction of sp³-hybridized carbons (Fsp3) is 1.00. The van der Waals surface area contributed by atoms with Crippen LogP contribution in [0.2, 0.25) is 0 Å². The molecule has 3 nitrogen and oxygen atoms in total. The van der Waals surface area contributed by atoms with Crippen LogP contribution < -0.4 is 5.32 Å². The molecule has 0 radical (unpaired) electrons. The van der Waals surface area contributed by atoms with Gasteiger partial charge in [-0.1, -0.05) is 33.1 Å². The molecule has 118 valence electrons. The summed E-state index contributed by atoms with van der Waals surface area (Å²) in [5.41, 5.74) is 0. The molecule has 2 aliphatic rings. The maximum Gasteiger partial charge on any atom is 0.0223 e.